The van der Waals surface area contributed by atoms with Crippen molar-refractivity contribution in [1.29, 1.82) is 0 Å². The Hall–Kier alpha value is -2.86. The van der Waals surface area contributed by atoms with E-state index < -0.39 is 0 Å². The van der Waals surface area contributed by atoms with E-state index in [-0.39, 0.29) is 17.9 Å². The van der Waals surface area contributed by atoms with Crippen molar-refractivity contribution in [3.8, 4) is 0 Å². The van der Waals surface area contributed by atoms with Crippen molar-refractivity contribution in [3.05, 3.63) is 59.7 Å². The zero-order valence-electron chi connectivity index (χ0n) is 16.1. The van der Waals surface area contributed by atoms with Crippen LogP contribution in [0.2, 0.25) is 0 Å². The molecule has 0 radical (unpaired) electrons. The van der Waals surface area contributed by atoms with Gasteiger partial charge in [-0.1, -0.05) is 30.3 Å². The normalized spacial score (nSPS) is 19.2. The van der Waals surface area contributed by atoms with Gasteiger partial charge in [-0.05, 0) is 30.7 Å². The van der Waals surface area contributed by atoms with Crippen LogP contribution in [0.15, 0.2) is 48.5 Å². The molecule has 4 rings (SSSR count). The lowest BCUT2D eigenvalue weighted by molar-refractivity contribution is -0.116. The first kappa shape index (κ1) is 18.5. The molecule has 2 aromatic carbocycles. The predicted molar refractivity (Wildman–Crippen MR) is 108 cm³/mol. The van der Waals surface area contributed by atoms with E-state index in [1.807, 2.05) is 12.1 Å². The Kier molecular flexibility index (Phi) is 5.30. The molecule has 0 bridgehead atoms. The van der Waals surface area contributed by atoms with Crippen molar-refractivity contribution in [2.45, 2.75) is 25.9 Å². The minimum Gasteiger partial charge on any atom is -0.462 e. The molecule has 146 valence electrons. The highest BCUT2D eigenvalue weighted by molar-refractivity contribution is 5.99. The number of hydrogen-bond donors (Lipinski definition) is 1. The summed E-state index contributed by atoms with van der Waals surface area (Å²) in [6.45, 7) is 5.54. The number of amides is 1. The highest BCUT2D eigenvalue weighted by Crippen LogP contribution is 2.34. The smallest absolute Gasteiger partial charge is 0.338 e. The van der Waals surface area contributed by atoms with Crippen LogP contribution in [0.5, 0.6) is 0 Å². The van der Waals surface area contributed by atoms with Crippen LogP contribution in [0.25, 0.3) is 0 Å². The average molecular weight is 379 g/mol. The molecule has 1 saturated heterocycles. The topological polar surface area (TPSA) is 61.9 Å². The highest BCUT2D eigenvalue weighted by atomic mass is 16.5. The van der Waals surface area contributed by atoms with Gasteiger partial charge in [-0.25, -0.2) is 4.79 Å². The molecule has 1 amide bonds. The molecule has 1 fully saturated rings. The van der Waals surface area contributed by atoms with Crippen LogP contribution in [0.1, 0.15) is 29.3 Å². The van der Waals surface area contributed by atoms with E-state index in [0.29, 0.717) is 18.6 Å². The number of carbonyl (C=O) groups is 2. The first-order chi connectivity index (χ1) is 13.6. The number of anilines is 2. The molecule has 2 aromatic rings. The van der Waals surface area contributed by atoms with Crippen LogP contribution in [-0.4, -0.2) is 49.1 Å². The van der Waals surface area contributed by atoms with Crippen molar-refractivity contribution in [1.82, 2.24) is 4.90 Å². The maximum atomic E-state index is 12.4. The van der Waals surface area contributed by atoms with Gasteiger partial charge in [-0.15, -0.1) is 0 Å². The third-order valence-electron chi connectivity index (χ3n) is 5.33. The van der Waals surface area contributed by atoms with Gasteiger partial charge in [-0.3, -0.25) is 9.69 Å². The molecule has 1 N–H and O–H groups in total. The summed E-state index contributed by atoms with van der Waals surface area (Å²) in [5.41, 5.74) is 3.46. The molecular formula is C22H25N3O3. The molecule has 0 aromatic heterocycles. The summed E-state index contributed by atoms with van der Waals surface area (Å²) in [4.78, 5) is 29.3. The van der Waals surface area contributed by atoms with Crippen LogP contribution >= 0.6 is 0 Å². The van der Waals surface area contributed by atoms with E-state index in [1.165, 1.54) is 5.56 Å². The Morgan fingerprint density at radius 3 is 2.79 bits per heavy atom. The number of esters is 1. The molecule has 28 heavy (non-hydrogen) atoms. The Morgan fingerprint density at radius 2 is 2.00 bits per heavy atom. The number of piperazine rings is 1. The van der Waals surface area contributed by atoms with E-state index in [2.05, 4.69) is 39.4 Å². The number of hydrogen-bond acceptors (Lipinski definition) is 5. The summed E-state index contributed by atoms with van der Waals surface area (Å²) in [5.74, 6) is -0.320. The summed E-state index contributed by atoms with van der Waals surface area (Å²) >= 11 is 0. The minimum absolute atomic E-state index is 0.0131. The van der Waals surface area contributed by atoms with Crippen LogP contribution in [0.4, 0.5) is 11.4 Å². The Balaban J connectivity index is 1.57. The molecule has 2 aliphatic rings. The van der Waals surface area contributed by atoms with Crippen LogP contribution in [0.3, 0.4) is 0 Å². The van der Waals surface area contributed by atoms with Gasteiger partial charge in [0.15, 0.2) is 0 Å². The summed E-state index contributed by atoms with van der Waals surface area (Å²) in [7, 11) is 0. The summed E-state index contributed by atoms with van der Waals surface area (Å²) in [5, 5.41) is 2.99. The van der Waals surface area contributed by atoms with Crippen LogP contribution in [-0.2, 0) is 16.1 Å². The number of rotatable bonds is 4. The van der Waals surface area contributed by atoms with Gasteiger partial charge in [0.05, 0.1) is 29.6 Å². The van der Waals surface area contributed by atoms with Gasteiger partial charge in [0.1, 0.15) is 0 Å². The van der Waals surface area contributed by atoms with Crippen molar-refractivity contribution in [3.63, 3.8) is 0 Å². The van der Waals surface area contributed by atoms with Gasteiger partial charge in [0.25, 0.3) is 0 Å². The molecule has 2 heterocycles. The summed E-state index contributed by atoms with van der Waals surface area (Å²) in [6.07, 6.45) is 0.439. The fourth-order valence-electron chi connectivity index (χ4n) is 4.03. The van der Waals surface area contributed by atoms with Gasteiger partial charge < -0.3 is 15.0 Å². The van der Waals surface area contributed by atoms with Crippen molar-refractivity contribution in [2.75, 3.05) is 36.5 Å². The second kappa shape index (κ2) is 8.02. The lowest BCUT2D eigenvalue weighted by atomic mass is 10.1. The predicted octanol–water partition coefficient (Wildman–Crippen LogP) is 2.90. The van der Waals surface area contributed by atoms with Gasteiger partial charge in [0.2, 0.25) is 5.91 Å². The SMILES string of the molecule is CCOC(=O)c1ccc2c(c1)N1CCN(Cc3ccccc3)CC1CC(=O)N2. The van der Waals surface area contributed by atoms with Gasteiger partial charge in [-0.2, -0.15) is 0 Å². The first-order valence-corrected chi connectivity index (χ1v) is 9.78. The molecular weight excluding hydrogens is 354 g/mol. The van der Waals surface area contributed by atoms with E-state index in [4.69, 9.17) is 4.74 Å². The lowest BCUT2D eigenvalue weighted by Crippen LogP contribution is -2.53. The van der Waals surface area contributed by atoms with E-state index >= 15 is 0 Å². The largest absolute Gasteiger partial charge is 0.462 e. The van der Waals surface area contributed by atoms with Gasteiger partial charge >= 0.3 is 5.97 Å². The number of benzene rings is 2. The van der Waals surface area contributed by atoms with Gasteiger partial charge in [0, 0.05) is 32.6 Å². The Morgan fingerprint density at radius 1 is 1.18 bits per heavy atom. The second-order valence-electron chi connectivity index (χ2n) is 7.27. The Bertz CT molecular complexity index is 869. The summed E-state index contributed by atoms with van der Waals surface area (Å²) < 4.78 is 5.14. The molecule has 0 saturated carbocycles. The first-order valence-electron chi connectivity index (χ1n) is 9.78. The third-order valence-corrected chi connectivity index (χ3v) is 5.33. The molecule has 1 unspecified atom stereocenters. The van der Waals surface area contributed by atoms with Crippen molar-refractivity contribution in [2.24, 2.45) is 0 Å². The molecule has 1 atom stereocenters. The van der Waals surface area contributed by atoms with E-state index in [1.54, 1.807) is 19.1 Å². The minimum atomic E-state index is -0.333. The average Bonchev–Trinajstić information content (AvgIpc) is 2.83. The van der Waals surface area contributed by atoms with Crippen LogP contribution < -0.4 is 10.2 Å². The van der Waals surface area contributed by atoms with Crippen molar-refractivity contribution < 1.29 is 14.3 Å². The number of nitrogens with one attached hydrogen (secondary N) is 1. The maximum absolute atomic E-state index is 12.4. The fraction of sp³-hybridized carbons (Fsp3) is 0.364. The van der Waals surface area contributed by atoms with Crippen LogP contribution in [0, 0.1) is 0 Å². The van der Waals surface area contributed by atoms with E-state index in [0.717, 1.165) is 37.6 Å². The molecule has 2 aliphatic heterocycles. The molecule has 6 nitrogen and oxygen atoms in total. The summed E-state index contributed by atoms with van der Waals surface area (Å²) in [6, 6.07) is 15.8. The second-order valence-corrected chi connectivity index (χ2v) is 7.27. The zero-order valence-corrected chi connectivity index (χ0v) is 16.1. The molecule has 0 spiro atoms. The third kappa shape index (κ3) is 3.87. The number of fused-ring (bicyclic) bond motifs is 3. The fourth-order valence-corrected chi connectivity index (χ4v) is 4.03. The standard InChI is InChI=1S/C22H25N3O3/c1-2-28-22(27)17-8-9-19-20(12-17)25-11-10-24(14-16-6-4-3-5-7-16)15-18(25)13-21(26)23-19/h3-9,12,18H,2,10-11,13-15H2,1H3,(H,23,26). The molecule has 0 aliphatic carbocycles. The monoisotopic (exact) mass is 379 g/mol. The highest BCUT2D eigenvalue weighted by Gasteiger charge is 2.33. The lowest BCUT2D eigenvalue weighted by Gasteiger charge is -2.42. The number of carbonyl (C=O) groups excluding carboxylic acids is 2. The number of ether oxygens (including phenoxy) is 1. The van der Waals surface area contributed by atoms with Crippen molar-refractivity contribution >= 4 is 23.3 Å². The molecule has 6 heteroatoms. The maximum Gasteiger partial charge on any atom is 0.338 e. The Labute approximate surface area is 165 Å². The number of nitrogens with zero attached hydrogens (tertiary/aromatic N) is 2. The van der Waals surface area contributed by atoms with E-state index in [9.17, 15) is 9.59 Å². The quantitative estimate of drug-likeness (QED) is 0.828. The zero-order chi connectivity index (χ0) is 19.5.